The number of allylic oxidation sites excluding steroid dienone is 2. The number of hydrogen-bond acceptors (Lipinski definition) is 1. The predicted octanol–water partition coefficient (Wildman–Crippen LogP) is 2.32. The topological polar surface area (TPSA) is 17.1 Å². The molecule has 0 aromatic rings. The van der Waals surface area contributed by atoms with Crippen molar-refractivity contribution < 1.29 is 4.79 Å². The van der Waals surface area contributed by atoms with Crippen LogP contribution in [0, 0.1) is 11.8 Å². The number of Topliss-reactive ketones (excluding diaryl/α,β-unsaturated/α-hetero) is 1. The third-order valence-electron chi connectivity index (χ3n) is 2.65. The number of carbonyl (C=O) groups is 1. The summed E-state index contributed by atoms with van der Waals surface area (Å²) < 4.78 is 0. The van der Waals surface area contributed by atoms with E-state index in [1.807, 2.05) is 0 Å². The number of ketones is 1. The van der Waals surface area contributed by atoms with Gasteiger partial charge in [-0.25, -0.2) is 0 Å². The zero-order chi connectivity index (χ0) is 7.68. The lowest BCUT2D eigenvalue weighted by atomic mass is 9.89. The Morgan fingerprint density at radius 2 is 1.91 bits per heavy atom. The first-order valence-electron chi connectivity index (χ1n) is 4.56. The van der Waals surface area contributed by atoms with Crippen molar-refractivity contribution in [3.63, 3.8) is 0 Å². The fraction of sp³-hybridized carbons (Fsp3) is 0.700. The number of rotatable bonds is 2. The molecule has 2 aliphatic carbocycles. The van der Waals surface area contributed by atoms with Gasteiger partial charge >= 0.3 is 0 Å². The summed E-state index contributed by atoms with van der Waals surface area (Å²) in [6.07, 6.45) is 9.91. The third kappa shape index (κ3) is 1.52. The van der Waals surface area contributed by atoms with Crippen LogP contribution in [-0.4, -0.2) is 5.78 Å². The van der Waals surface area contributed by atoms with E-state index < -0.39 is 0 Å². The fourth-order valence-electron chi connectivity index (χ4n) is 1.75. The molecule has 0 aliphatic heterocycles. The van der Waals surface area contributed by atoms with Gasteiger partial charge in [-0.15, -0.1) is 0 Å². The summed E-state index contributed by atoms with van der Waals surface area (Å²) in [4.78, 5) is 11.5. The van der Waals surface area contributed by atoms with Gasteiger partial charge in [-0.2, -0.15) is 0 Å². The summed E-state index contributed by atoms with van der Waals surface area (Å²) in [5.41, 5.74) is 0. The van der Waals surface area contributed by atoms with Crippen molar-refractivity contribution >= 4 is 5.78 Å². The molecule has 1 saturated carbocycles. The van der Waals surface area contributed by atoms with Crippen molar-refractivity contribution in [2.24, 2.45) is 11.8 Å². The van der Waals surface area contributed by atoms with E-state index >= 15 is 0 Å². The van der Waals surface area contributed by atoms with Gasteiger partial charge in [0, 0.05) is 11.8 Å². The Bertz CT molecular complexity index is 189. The van der Waals surface area contributed by atoms with E-state index in [9.17, 15) is 4.79 Å². The maximum absolute atomic E-state index is 11.5. The highest BCUT2D eigenvalue weighted by atomic mass is 16.1. The van der Waals surface area contributed by atoms with Crippen LogP contribution >= 0.6 is 0 Å². The van der Waals surface area contributed by atoms with Crippen molar-refractivity contribution in [2.75, 3.05) is 0 Å². The average molecular weight is 150 g/mol. The minimum absolute atomic E-state index is 0.382. The zero-order valence-corrected chi connectivity index (χ0v) is 6.75. The van der Waals surface area contributed by atoms with E-state index in [4.69, 9.17) is 0 Å². The molecule has 1 atom stereocenters. The molecule has 1 fully saturated rings. The lowest BCUT2D eigenvalue weighted by Crippen LogP contribution is -2.17. The quantitative estimate of drug-likeness (QED) is 0.552. The van der Waals surface area contributed by atoms with E-state index in [-0.39, 0.29) is 0 Å². The van der Waals surface area contributed by atoms with Gasteiger partial charge in [-0.3, -0.25) is 4.79 Å². The zero-order valence-electron chi connectivity index (χ0n) is 6.75. The molecular formula is C10H14O. The lowest BCUT2D eigenvalue weighted by Gasteiger charge is -2.15. The van der Waals surface area contributed by atoms with Gasteiger partial charge in [0.25, 0.3) is 0 Å². The summed E-state index contributed by atoms with van der Waals surface area (Å²) >= 11 is 0. The second kappa shape index (κ2) is 2.80. The van der Waals surface area contributed by atoms with E-state index in [0.29, 0.717) is 17.6 Å². The molecule has 0 heterocycles. The average Bonchev–Trinajstić information content (AvgIpc) is 2.87. The Morgan fingerprint density at radius 3 is 2.45 bits per heavy atom. The van der Waals surface area contributed by atoms with Gasteiger partial charge in [0.15, 0.2) is 0 Å². The van der Waals surface area contributed by atoms with Crippen LogP contribution in [0.15, 0.2) is 12.2 Å². The molecule has 60 valence electrons. The SMILES string of the molecule is O=C(C1CC=CCC1)C1CC1. The van der Waals surface area contributed by atoms with Crippen molar-refractivity contribution in [3.05, 3.63) is 12.2 Å². The molecule has 2 rings (SSSR count). The molecule has 1 unspecified atom stereocenters. The van der Waals surface area contributed by atoms with Crippen molar-refractivity contribution in [2.45, 2.75) is 32.1 Å². The molecule has 0 aromatic heterocycles. The summed E-state index contributed by atoms with van der Waals surface area (Å²) in [5, 5.41) is 0. The maximum atomic E-state index is 11.5. The van der Waals surface area contributed by atoms with Crippen molar-refractivity contribution in [1.82, 2.24) is 0 Å². The predicted molar refractivity (Wildman–Crippen MR) is 44.2 cm³/mol. The highest BCUT2D eigenvalue weighted by Crippen LogP contribution is 2.35. The first kappa shape index (κ1) is 7.08. The first-order valence-corrected chi connectivity index (χ1v) is 4.56. The Kier molecular flexibility index (Phi) is 1.80. The smallest absolute Gasteiger partial charge is 0.139 e. The van der Waals surface area contributed by atoms with Crippen LogP contribution in [0.3, 0.4) is 0 Å². The molecule has 0 spiro atoms. The Balaban J connectivity index is 1.92. The van der Waals surface area contributed by atoms with Crippen LogP contribution < -0.4 is 0 Å². The molecule has 2 aliphatic rings. The molecule has 0 aromatic carbocycles. The second-order valence-electron chi connectivity index (χ2n) is 3.66. The van der Waals surface area contributed by atoms with Crippen LogP contribution in [0.5, 0.6) is 0 Å². The Morgan fingerprint density at radius 1 is 1.09 bits per heavy atom. The van der Waals surface area contributed by atoms with Crippen molar-refractivity contribution in [1.29, 1.82) is 0 Å². The van der Waals surface area contributed by atoms with Gasteiger partial charge in [0.2, 0.25) is 0 Å². The monoisotopic (exact) mass is 150 g/mol. The molecule has 0 bridgehead atoms. The lowest BCUT2D eigenvalue weighted by molar-refractivity contribution is -0.124. The molecule has 1 nitrogen and oxygen atoms in total. The standard InChI is InChI=1S/C10H14O/c11-10(9-6-7-9)8-4-2-1-3-5-8/h1-2,8-9H,3-7H2. The van der Waals surface area contributed by atoms with E-state index in [1.54, 1.807) is 0 Å². The van der Waals surface area contributed by atoms with Crippen LogP contribution in [0.25, 0.3) is 0 Å². The van der Waals surface area contributed by atoms with Gasteiger partial charge in [-0.05, 0) is 32.1 Å². The van der Waals surface area contributed by atoms with E-state index in [2.05, 4.69) is 12.2 Å². The maximum Gasteiger partial charge on any atom is 0.139 e. The molecule has 0 radical (unpaired) electrons. The fourth-order valence-corrected chi connectivity index (χ4v) is 1.75. The molecule has 11 heavy (non-hydrogen) atoms. The van der Waals surface area contributed by atoms with Gasteiger partial charge in [0.05, 0.1) is 0 Å². The minimum Gasteiger partial charge on any atom is -0.299 e. The normalized spacial score (nSPS) is 30.4. The minimum atomic E-state index is 0.382. The molecule has 0 N–H and O–H groups in total. The van der Waals surface area contributed by atoms with Crippen LogP contribution in [0.1, 0.15) is 32.1 Å². The summed E-state index contributed by atoms with van der Waals surface area (Å²) in [6.45, 7) is 0. The van der Waals surface area contributed by atoms with Crippen LogP contribution in [-0.2, 0) is 4.79 Å². The van der Waals surface area contributed by atoms with Gasteiger partial charge < -0.3 is 0 Å². The van der Waals surface area contributed by atoms with Gasteiger partial charge in [-0.1, -0.05) is 12.2 Å². The second-order valence-corrected chi connectivity index (χ2v) is 3.66. The largest absolute Gasteiger partial charge is 0.299 e. The van der Waals surface area contributed by atoms with E-state index in [1.165, 1.54) is 12.8 Å². The summed E-state index contributed by atoms with van der Waals surface area (Å²) in [7, 11) is 0. The Hall–Kier alpha value is -0.590. The highest BCUT2D eigenvalue weighted by molar-refractivity contribution is 5.85. The molecular weight excluding hydrogens is 136 g/mol. The van der Waals surface area contributed by atoms with Crippen molar-refractivity contribution in [3.8, 4) is 0 Å². The molecule has 1 heteroatoms. The van der Waals surface area contributed by atoms with Gasteiger partial charge in [0.1, 0.15) is 5.78 Å². The third-order valence-corrected chi connectivity index (χ3v) is 2.65. The van der Waals surface area contributed by atoms with Crippen LogP contribution in [0.4, 0.5) is 0 Å². The Labute approximate surface area is 67.5 Å². The first-order chi connectivity index (χ1) is 5.38. The number of carbonyl (C=O) groups excluding carboxylic acids is 1. The highest BCUT2D eigenvalue weighted by Gasteiger charge is 2.34. The van der Waals surface area contributed by atoms with Crippen LogP contribution in [0.2, 0.25) is 0 Å². The molecule has 0 amide bonds. The number of hydrogen-bond donors (Lipinski definition) is 0. The summed E-state index contributed by atoms with van der Waals surface area (Å²) in [6, 6.07) is 0. The summed E-state index contributed by atoms with van der Waals surface area (Å²) in [5.74, 6) is 1.40. The van der Waals surface area contributed by atoms with E-state index in [0.717, 1.165) is 19.3 Å². The molecule has 0 saturated heterocycles.